The first-order valence-electron chi connectivity index (χ1n) is 6.31. The molecule has 3 heteroatoms. The summed E-state index contributed by atoms with van der Waals surface area (Å²) in [4.78, 5) is 12.1. The van der Waals surface area contributed by atoms with Crippen LogP contribution >= 0.6 is 11.6 Å². The number of nitriles is 1. The topological polar surface area (TPSA) is 40.9 Å². The van der Waals surface area contributed by atoms with E-state index in [9.17, 15) is 10.1 Å². The smallest absolute Gasteiger partial charge is 0.154 e. The number of hydrogen-bond acceptors (Lipinski definition) is 2. The molecule has 0 radical (unpaired) electrons. The van der Waals surface area contributed by atoms with Crippen molar-refractivity contribution in [2.75, 3.05) is 0 Å². The molecule has 2 aromatic rings. The van der Waals surface area contributed by atoms with Crippen molar-refractivity contribution in [1.29, 1.82) is 5.26 Å². The van der Waals surface area contributed by atoms with E-state index >= 15 is 0 Å². The first kappa shape index (κ1) is 14.3. The Morgan fingerprint density at radius 2 is 1.75 bits per heavy atom. The molecule has 0 N–H and O–H groups in total. The second-order valence-corrected chi connectivity index (χ2v) is 5.11. The summed E-state index contributed by atoms with van der Waals surface area (Å²) >= 11 is 6.16. The van der Waals surface area contributed by atoms with E-state index in [2.05, 4.69) is 6.07 Å². The number of ketones is 1. The van der Waals surface area contributed by atoms with Gasteiger partial charge in [0.05, 0.1) is 6.07 Å². The fraction of sp³-hybridized carbons (Fsp3) is 0.176. The van der Waals surface area contributed by atoms with Crippen LogP contribution in [0, 0.1) is 11.3 Å². The number of carbonyl (C=O) groups excluding carboxylic acids is 1. The lowest BCUT2D eigenvalue weighted by Gasteiger charge is -2.24. The Morgan fingerprint density at radius 3 is 2.30 bits per heavy atom. The van der Waals surface area contributed by atoms with Crippen molar-refractivity contribution >= 4 is 17.4 Å². The van der Waals surface area contributed by atoms with Crippen molar-refractivity contribution in [3.05, 3.63) is 70.7 Å². The lowest BCUT2D eigenvalue weighted by molar-refractivity contribution is -0.120. The summed E-state index contributed by atoms with van der Waals surface area (Å²) < 4.78 is 0. The quantitative estimate of drug-likeness (QED) is 0.853. The molecule has 1 unspecified atom stereocenters. The van der Waals surface area contributed by atoms with Gasteiger partial charge in [-0.1, -0.05) is 60.1 Å². The molecule has 0 heterocycles. The Labute approximate surface area is 123 Å². The monoisotopic (exact) mass is 283 g/mol. The molecule has 2 rings (SSSR count). The van der Waals surface area contributed by atoms with Crippen molar-refractivity contribution in [2.24, 2.45) is 0 Å². The molecule has 0 aromatic heterocycles. The van der Waals surface area contributed by atoms with Crippen LogP contribution in [0.1, 0.15) is 18.1 Å². The third kappa shape index (κ3) is 2.59. The Balaban J connectivity index is 2.53. The summed E-state index contributed by atoms with van der Waals surface area (Å²) in [7, 11) is 0. The highest BCUT2D eigenvalue weighted by Crippen LogP contribution is 2.31. The molecular formula is C17H14ClNO. The van der Waals surface area contributed by atoms with E-state index in [1.807, 2.05) is 48.5 Å². The van der Waals surface area contributed by atoms with Gasteiger partial charge in [0, 0.05) is 11.4 Å². The van der Waals surface area contributed by atoms with E-state index in [-0.39, 0.29) is 12.2 Å². The standard InChI is InChI=1S/C17H14ClNO/c1-13(20)17(12-19,15-8-3-2-4-9-15)11-14-7-5-6-10-16(14)18/h2-10H,11H2,1H3. The van der Waals surface area contributed by atoms with Crippen LogP contribution in [0.2, 0.25) is 5.02 Å². The number of halogens is 1. The van der Waals surface area contributed by atoms with Crippen LogP contribution in [0.15, 0.2) is 54.6 Å². The molecule has 0 bridgehead atoms. The number of hydrogen-bond donors (Lipinski definition) is 0. The van der Waals surface area contributed by atoms with Gasteiger partial charge in [-0.25, -0.2) is 0 Å². The van der Waals surface area contributed by atoms with Crippen molar-refractivity contribution in [3.8, 4) is 6.07 Å². The van der Waals surface area contributed by atoms with Crippen LogP contribution in [-0.4, -0.2) is 5.78 Å². The number of benzene rings is 2. The summed E-state index contributed by atoms with van der Waals surface area (Å²) in [5, 5.41) is 10.2. The Hall–Kier alpha value is -2.11. The number of carbonyl (C=O) groups is 1. The van der Waals surface area contributed by atoms with Gasteiger partial charge in [0.1, 0.15) is 5.41 Å². The molecule has 0 saturated carbocycles. The zero-order valence-electron chi connectivity index (χ0n) is 11.1. The Kier molecular flexibility index (Phi) is 4.22. The summed E-state index contributed by atoms with van der Waals surface area (Å²) in [5.74, 6) is -0.175. The molecule has 1 atom stereocenters. The molecule has 20 heavy (non-hydrogen) atoms. The summed E-state index contributed by atoms with van der Waals surface area (Å²) in [6, 6.07) is 18.6. The van der Waals surface area contributed by atoms with Crippen molar-refractivity contribution in [3.63, 3.8) is 0 Å². The number of Topliss-reactive ketones (excluding diaryl/α,β-unsaturated/α-hetero) is 1. The zero-order valence-corrected chi connectivity index (χ0v) is 11.9. The molecule has 0 saturated heterocycles. The van der Waals surface area contributed by atoms with Crippen LogP contribution in [0.25, 0.3) is 0 Å². The first-order chi connectivity index (χ1) is 9.60. The third-order valence-corrected chi connectivity index (χ3v) is 3.84. The van der Waals surface area contributed by atoms with Crippen LogP contribution < -0.4 is 0 Å². The van der Waals surface area contributed by atoms with Crippen LogP contribution in [0.3, 0.4) is 0 Å². The van der Waals surface area contributed by atoms with Crippen LogP contribution in [0.4, 0.5) is 0 Å². The van der Waals surface area contributed by atoms with Crippen molar-refractivity contribution in [2.45, 2.75) is 18.8 Å². The second-order valence-electron chi connectivity index (χ2n) is 4.71. The van der Waals surface area contributed by atoms with Gasteiger partial charge in [-0.3, -0.25) is 4.79 Å². The average molecular weight is 284 g/mol. The minimum Gasteiger partial charge on any atom is -0.298 e. The highest BCUT2D eigenvalue weighted by Gasteiger charge is 2.38. The number of nitrogens with zero attached hydrogens (tertiary/aromatic N) is 1. The fourth-order valence-electron chi connectivity index (χ4n) is 2.26. The Bertz CT molecular complexity index is 660. The maximum Gasteiger partial charge on any atom is 0.154 e. The summed E-state index contributed by atoms with van der Waals surface area (Å²) in [6.07, 6.45) is 0.280. The highest BCUT2D eigenvalue weighted by molar-refractivity contribution is 6.31. The molecule has 0 aliphatic rings. The lowest BCUT2D eigenvalue weighted by Crippen LogP contribution is -2.35. The predicted molar refractivity (Wildman–Crippen MR) is 79.6 cm³/mol. The lowest BCUT2D eigenvalue weighted by atomic mass is 9.74. The molecule has 2 nitrogen and oxygen atoms in total. The zero-order chi connectivity index (χ0) is 14.6. The molecule has 100 valence electrons. The molecule has 2 aromatic carbocycles. The maximum atomic E-state index is 12.1. The highest BCUT2D eigenvalue weighted by atomic mass is 35.5. The van der Waals surface area contributed by atoms with Gasteiger partial charge in [0.2, 0.25) is 0 Å². The number of rotatable bonds is 4. The first-order valence-corrected chi connectivity index (χ1v) is 6.69. The van der Waals surface area contributed by atoms with Crippen LogP contribution in [0.5, 0.6) is 0 Å². The molecule has 0 amide bonds. The molecular weight excluding hydrogens is 270 g/mol. The Morgan fingerprint density at radius 1 is 1.15 bits per heavy atom. The van der Waals surface area contributed by atoms with Gasteiger partial charge in [0.25, 0.3) is 0 Å². The minimum atomic E-state index is -1.19. The van der Waals surface area contributed by atoms with Crippen molar-refractivity contribution in [1.82, 2.24) is 0 Å². The second kappa shape index (κ2) is 5.90. The summed E-state index contributed by atoms with van der Waals surface area (Å²) in [6.45, 7) is 1.45. The van der Waals surface area contributed by atoms with Gasteiger partial charge in [0.15, 0.2) is 5.78 Å². The SMILES string of the molecule is CC(=O)C(C#N)(Cc1ccccc1Cl)c1ccccc1. The van der Waals surface area contributed by atoms with Crippen LogP contribution in [-0.2, 0) is 16.6 Å². The van der Waals surface area contributed by atoms with E-state index in [4.69, 9.17) is 11.6 Å². The molecule has 0 aliphatic carbocycles. The van der Waals surface area contributed by atoms with E-state index in [1.165, 1.54) is 6.92 Å². The molecule has 0 spiro atoms. The van der Waals surface area contributed by atoms with Gasteiger partial charge in [-0.15, -0.1) is 0 Å². The van der Waals surface area contributed by atoms with E-state index in [0.29, 0.717) is 10.6 Å². The average Bonchev–Trinajstić information content (AvgIpc) is 2.47. The maximum absolute atomic E-state index is 12.1. The van der Waals surface area contributed by atoms with Gasteiger partial charge in [-0.05, 0) is 24.1 Å². The normalized spacial score (nSPS) is 13.2. The van der Waals surface area contributed by atoms with Gasteiger partial charge in [-0.2, -0.15) is 5.26 Å². The minimum absolute atomic E-state index is 0.175. The molecule has 0 fully saturated rings. The fourth-order valence-corrected chi connectivity index (χ4v) is 2.47. The summed E-state index contributed by atoms with van der Waals surface area (Å²) in [5.41, 5.74) is 0.316. The van der Waals surface area contributed by atoms with Gasteiger partial charge < -0.3 is 0 Å². The van der Waals surface area contributed by atoms with E-state index < -0.39 is 5.41 Å². The van der Waals surface area contributed by atoms with E-state index in [1.54, 1.807) is 6.07 Å². The van der Waals surface area contributed by atoms with Crippen molar-refractivity contribution < 1.29 is 4.79 Å². The largest absolute Gasteiger partial charge is 0.298 e. The van der Waals surface area contributed by atoms with Gasteiger partial charge >= 0.3 is 0 Å². The van der Waals surface area contributed by atoms with E-state index in [0.717, 1.165) is 5.56 Å². The third-order valence-electron chi connectivity index (χ3n) is 3.47. The predicted octanol–water partition coefficient (Wildman–Crippen LogP) is 3.93. The molecule has 0 aliphatic heterocycles.